The molecule has 1 N–H and O–H groups in total. The number of nitrogens with zero attached hydrogens (tertiary/aromatic N) is 2. The van der Waals surface area contributed by atoms with E-state index in [0.29, 0.717) is 12.8 Å². The van der Waals surface area contributed by atoms with E-state index in [2.05, 4.69) is 46.5 Å². The predicted octanol–water partition coefficient (Wildman–Crippen LogP) is 4.49. The van der Waals surface area contributed by atoms with Crippen molar-refractivity contribution in [2.75, 3.05) is 13.1 Å². The molecule has 4 nitrogen and oxygen atoms in total. The van der Waals surface area contributed by atoms with Gasteiger partial charge >= 0.3 is 5.97 Å². The van der Waals surface area contributed by atoms with Crippen LogP contribution in [0, 0.1) is 12.8 Å². The molecule has 26 heavy (non-hydrogen) atoms. The van der Waals surface area contributed by atoms with Crippen LogP contribution < -0.4 is 0 Å². The van der Waals surface area contributed by atoms with Crippen molar-refractivity contribution in [1.29, 1.82) is 0 Å². The van der Waals surface area contributed by atoms with E-state index >= 15 is 0 Å². The number of benzene rings is 1. The van der Waals surface area contributed by atoms with Crippen molar-refractivity contribution >= 4 is 28.2 Å². The molecule has 0 bridgehead atoms. The Bertz CT molecular complexity index is 923. The van der Waals surface area contributed by atoms with E-state index in [9.17, 15) is 9.90 Å². The predicted molar refractivity (Wildman–Crippen MR) is 105 cm³/mol. The summed E-state index contributed by atoms with van der Waals surface area (Å²) >= 11 is 1.78. The number of hydrogen-bond donors (Lipinski definition) is 1. The number of carbonyl (C=O) groups is 1. The lowest BCUT2D eigenvalue weighted by molar-refractivity contribution is -0.143. The maximum atomic E-state index is 11.3. The van der Waals surface area contributed by atoms with Crippen LogP contribution in [0.2, 0.25) is 0 Å². The SMILES string of the molecule is Cc1csc(C(c2ccnc3ccccc23)N2CCC(C(=O)O)CC2)c1. The average molecular weight is 366 g/mol. The molecule has 0 aliphatic carbocycles. The minimum absolute atomic E-state index is 0.149. The van der Waals surface area contributed by atoms with Crippen LogP contribution in [-0.2, 0) is 4.79 Å². The fourth-order valence-electron chi connectivity index (χ4n) is 3.89. The quantitative estimate of drug-likeness (QED) is 0.739. The Kier molecular flexibility index (Phi) is 4.74. The van der Waals surface area contributed by atoms with Gasteiger partial charge < -0.3 is 5.11 Å². The number of aliphatic carboxylic acids is 1. The molecule has 134 valence electrons. The molecular formula is C21H22N2O2S. The average Bonchev–Trinajstić information content (AvgIpc) is 3.08. The Labute approximate surface area is 157 Å². The third kappa shape index (κ3) is 3.24. The van der Waals surface area contributed by atoms with E-state index in [4.69, 9.17) is 0 Å². The van der Waals surface area contributed by atoms with Crippen LogP contribution in [-0.4, -0.2) is 34.0 Å². The second kappa shape index (κ2) is 7.17. The summed E-state index contributed by atoms with van der Waals surface area (Å²) < 4.78 is 0. The molecule has 0 spiro atoms. The molecule has 0 radical (unpaired) electrons. The van der Waals surface area contributed by atoms with E-state index in [-0.39, 0.29) is 12.0 Å². The van der Waals surface area contributed by atoms with Crippen LogP contribution in [0.5, 0.6) is 0 Å². The zero-order chi connectivity index (χ0) is 18.1. The van der Waals surface area contributed by atoms with Gasteiger partial charge in [-0.2, -0.15) is 0 Å². The molecule has 1 saturated heterocycles. The van der Waals surface area contributed by atoms with E-state index in [1.165, 1.54) is 21.4 Å². The summed E-state index contributed by atoms with van der Waals surface area (Å²) in [6, 6.07) is 12.8. The molecule has 5 heteroatoms. The first kappa shape index (κ1) is 17.2. The summed E-state index contributed by atoms with van der Waals surface area (Å²) in [7, 11) is 0. The Balaban J connectivity index is 1.76. The number of fused-ring (bicyclic) bond motifs is 1. The topological polar surface area (TPSA) is 53.4 Å². The highest BCUT2D eigenvalue weighted by Gasteiger charge is 2.31. The highest BCUT2D eigenvalue weighted by molar-refractivity contribution is 7.10. The number of pyridine rings is 1. The molecule has 1 fully saturated rings. The molecular weight excluding hydrogens is 344 g/mol. The number of para-hydroxylation sites is 1. The smallest absolute Gasteiger partial charge is 0.306 e. The van der Waals surface area contributed by atoms with Crippen molar-refractivity contribution in [3.63, 3.8) is 0 Å². The molecule has 1 atom stereocenters. The number of rotatable bonds is 4. The van der Waals surface area contributed by atoms with Gasteiger partial charge in [-0.3, -0.25) is 14.7 Å². The fourth-order valence-corrected chi connectivity index (χ4v) is 4.94. The second-order valence-electron chi connectivity index (χ2n) is 6.99. The van der Waals surface area contributed by atoms with Crippen LogP contribution in [0.15, 0.2) is 48.0 Å². The molecule has 2 aromatic heterocycles. The largest absolute Gasteiger partial charge is 0.481 e. The van der Waals surface area contributed by atoms with Gasteiger partial charge in [0.2, 0.25) is 0 Å². The summed E-state index contributed by atoms with van der Waals surface area (Å²) in [4.78, 5) is 19.6. The van der Waals surface area contributed by atoms with Crippen molar-refractivity contribution in [2.24, 2.45) is 5.92 Å². The number of aryl methyl sites for hydroxylation is 1. The van der Waals surface area contributed by atoms with Gasteiger partial charge in [0.25, 0.3) is 0 Å². The fraction of sp³-hybridized carbons (Fsp3) is 0.333. The summed E-state index contributed by atoms with van der Waals surface area (Å²) in [6.07, 6.45) is 3.30. The molecule has 1 aliphatic heterocycles. The highest BCUT2D eigenvalue weighted by Crippen LogP contribution is 2.38. The van der Waals surface area contributed by atoms with E-state index < -0.39 is 5.97 Å². The van der Waals surface area contributed by atoms with Gasteiger partial charge in [-0.25, -0.2) is 0 Å². The van der Waals surface area contributed by atoms with Crippen LogP contribution in [0.3, 0.4) is 0 Å². The van der Waals surface area contributed by atoms with Gasteiger partial charge in [0.05, 0.1) is 17.5 Å². The second-order valence-corrected chi connectivity index (χ2v) is 7.94. The van der Waals surface area contributed by atoms with Crippen LogP contribution in [0.1, 0.15) is 34.9 Å². The lowest BCUT2D eigenvalue weighted by Gasteiger charge is -2.36. The Morgan fingerprint density at radius 1 is 1.27 bits per heavy atom. The Morgan fingerprint density at radius 3 is 2.73 bits per heavy atom. The Hall–Kier alpha value is -2.24. The lowest BCUT2D eigenvalue weighted by atomic mass is 9.92. The van der Waals surface area contributed by atoms with E-state index in [1.54, 1.807) is 11.3 Å². The van der Waals surface area contributed by atoms with Gasteiger partial charge in [0.1, 0.15) is 0 Å². The Morgan fingerprint density at radius 2 is 2.04 bits per heavy atom. The number of thiophene rings is 1. The van der Waals surface area contributed by atoms with Crippen LogP contribution >= 0.6 is 11.3 Å². The van der Waals surface area contributed by atoms with E-state index in [0.717, 1.165) is 18.6 Å². The van der Waals surface area contributed by atoms with Crippen molar-refractivity contribution in [2.45, 2.75) is 25.8 Å². The molecule has 1 aromatic carbocycles. The molecule has 1 aliphatic rings. The monoisotopic (exact) mass is 366 g/mol. The minimum atomic E-state index is -0.664. The number of hydrogen-bond acceptors (Lipinski definition) is 4. The standard InChI is InChI=1S/C21H22N2O2S/c1-14-12-19(26-13-14)20(23-10-7-15(8-11-23)21(24)25)17-6-9-22-18-5-3-2-4-16(17)18/h2-6,9,12-13,15,20H,7-8,10-11H2,1H3,(H,24,25). The minimum Gasteiger partial charge on any atom is -0.481 e. The van der Waals surface area contributed by atoms with Gasteiger partial charge in [0.15, 0.2) is 0 Å². The van der Waals surface area contributed by atoms with Crippen molar-refractivity contribution in [1.82, 2.24) is 9.88 Å². The number of aromatic nitrogens is 1. The highest BCUT2D eigenvalue weighted by atomic mass is 32.1. The maximum absolute atomic E-state index is 11.3. The molecule has 0 saturated carbocycles. The zero-order valence-corrected chi connectivity index (χ0v) is 15.6. The van der Waals surface area contributed by atoms with E-state index in [1.807, 2.05) is 18.3 Å². The van der Waals surface area contributed by atoms with Crippen LogP contribution in [0.4, 0.5) is 0 Å². The number of carboxylic acids is 1. The van der Waals surface area contributed by atoms with Gasteiger partial charge in [-0.05, 0) is 67.6 Å². The van der Waals surface area contributed by atoms with Gasteiger partial charge in [-0.1, -0.05) is 18.2 Å². The van der Waals surface area contributed by atoms with Gasteiger partial charge in [0, 0.05) is 16.5 Å². The van der Waals surface area contributed by atoms with Crippen LogP contribution in [0.25, 0.3) is 10.9 Å². The normalized spacial score (nSPS) is 17.4. The summed E-state index contributed by atoms with van der Waals surface area (Å²) in [5.41, 5.74) is 3.53. The number of likely N-dealkylation sites (tertiary alicyclic amines) is 1. The lowest BCUT2D eigenvalue weighted by Crippen LogP contribution is -2.39. The third-order valence-corrected chi connectivity index (χ3v) is 6.34. The molecule has 3 aromatic rings. The number of piperidine rings is 1. The maximum Gasteiger partial charge on any atom is 0.306 e. The first-order valence-electron chi connectivity index (χ1n) is 8.99. The first-order chi connectivity index (χ1) is 12.6. The molecule has 4 rings (SSSR count). The van der Waals surface area contributed by atoms with Crippen molar-refractivity contribution < 1.29 is 9.90 Å². The molecule has 0 amide bonds. The summed E-state index contributed by atoms with van der Waals surface area (Å²) in [5.74, 6) is -0.881. The summed E-state index contributed by atoms with van der Waals surface area (Å²) in [6.45, 7) is 3.73. The van der Waals surface area contributed by atoms with Gasteiger partial charge in [-0.15, -0.1) is 11.3 Å². The molecule has 1 unspecified atom stereocenters. The zero-order valence-electron chi connectivity index (χ0n) is 14.8. The first-order valence-corrected chi connectivity index (χ1v) is 9.87. The van der Waals surface area contributed by atoms with Crippen molar-refractivity contribution in [3.05, 3.63) is 64.0 Å². The number of carboxylic acid groups (broad SMARTS) is 1. The molecule has 3 heterocycles. The third-order valence-electron chi connectivity index (χ3n) is 5.24. The summed E-state index contributed by atoms with van der Waals surface area (Å²) in [5, 5.41) is 12.7. The van der Waals surface area contributed by atoms with Crippen molar-refractivity contribution in [3.8, 4) is 0 Å².